The fourth-order valence-electron chi connectivity index (χ4n) is 1.47. The molecule has 0 bridgehead atoms. The molecule has 2 rings (SSSR count). The molecule has 15 heavy (non-hydrogen) atoms. The zero-order valence-corrected chi connectivity index (χ0v) is 9.28. The molecule has 4 nitrogen and oxygen atoms in total. The molecule has 0 aliphatic carbocycles. The van der Waals surface area contributed by atoms with Gasteiger partial charge in [-0.1, -0.05) is 11.6 Å². The standard InChI is InChI=1S/C10H11ClN4/c1-6-13-10(15(2)14-6)8-5-7(11)3-4-9(8)12/h3-5H,12H2,1-2H3. The third-order valence-corrected chi connectivity index (χ3v) is 2.36. The average molecular weight is 223 g/mol. The molecular weight excluding hydrogens is 212 g/mol. The van der Waals surface area contributed by atoms with Crippen LogP contribution in [0.4, 0.5) is 5.69 Å². The van der Waals surface area contributed by atoms with E-state index in [1.165, 1.54) is 0 Å². The molecule has 0 aliphatic heterocycles. The number of nitrogen functional groups attached to an aromatic ring is 1. The Balaban J connectivity index is 2.62. The maximum Gasteiger partial charge on any atom is 0.160 e. The zero-order chi connectivity index (χ0) is 11.0. The van der Waals surface area contributed by atoms with E-state index in [1.807, 2.05) is 14.0 Å². The second-order valence-corrected chi connectivity index (χ2v) is 3.77. The minimum absolute atomic E-state index is 0.639. The Morgan fingerprint density at radius 3 is 2.73 bits per heavy atom. The summed E-state index contributed by atoms with van der Waals surface area (Å²) in [6, 6.07) is 5.31. The van der Waals surface area contributed by atoms with Crippen molar-refractivity contribution in [2.75, 3.05) is 5.73 Å². The van der Waals surface area contributed by atoms with Crippen LogP contribution in [0.5, 0.6) is 0 Å². The first-order valence-corrected chi connectivity index (χ1v) is 4.89. The van der Waals surface area contributed by atoms with Gasteiger partial charge in [0.25, 0.3) is 0 Å². The Bertz CT molecular complexity index is 504. The predicted molar refractivity (Wildman–Crippen MR) is 60.6 cm³/mol. The van der Waals surface area contributed by atoms with E-state index in [9.17, 15) is 0 Å². The first kappa shape index (κ1) is 9.98. The predicted octanol–water partition coefficient (Wildman–Crippen LogP) is 2.03. The maximum atomic E-state index is 5.91. The van der Waals surface area contributed by atoms with E-state index in [0.717, 1.165) is 11.4 Å². The molecule has 1 heterocycles. The van der Waals surface area contributed by atoms with Crippen molar-refractivity contribution in [3.8, 4) is 11.4 Å². The van der Waals surface area contributed by atoms with Crippen LogP contribution in [-0.4, -0.2) is 14.8 Å². The Kier molecular flexibility index (Phi) is 2.36. The highest BCUT2D eigenvalue weighted by atomic mass is 35.5. The number of halogens is 1. The van der Waals surface area contributed by atoms with Crippen LogP contribution < -0.4 is 5.73 Å². The van der Waals surface area contributed by atoms with Gasteiger partial charge in [-0.2, -0.15) is 5.10 Å². The third kappa shape index (κ3) is 1.80. The Morgan fingerprint density at radius 1 is 1.40 bits per heavy atom. The lowest BCUT2D eigenvalue weighted by atomic mass is 10.1. The molecule has 5 heteroatoms. The van der Waals surface area contributed by atoms with Crippen LogP contribution in [0.3, 0.4) is 0 Å². The molecule has 0 aliphatic rings. The van der Waals surface area contributed by atoms with Crippen LogP contribution in [0.2, 0.25) is 5.02 Å². The highest BCUT2D eigenvalue weighted by Crippen LogP contribution is 2.26. The number of aryl methyl sites for hydroxylation is 2. The van der Waals surface area contributed by atoms with Crippen molar-refractivity contribution in [1.82, 2.24) is 14.8 Å². The molecule has 0 unspecified atom stereocenters. The number of benzene rings is 1. The van der Waals surface area contributed by atoms with Gasteiger partial charge in [-0.3, -0.25) is 0 Å². The van der Waals surface area contributed by atoms with E-state index in [2.05, 4.69) is 10.1 Å². The molecule has 0 fully saturated rings. The van der Waals surface area contributed by atoms with Crippen LogP contribution in [0.25, 0.3) is 11.4 Å². The van der Waals surface area contributed by atoms with Crippen molar-refractivity contribution in [2.45, 2.75) is 6.92 Å². The highest BCUT2D eigenvalue weighted by molar-refractivity contribution is 6.31. The highest BCUT2D eigenvalue weighted by Gasteiger charge is 2.10. The Hall–Kier alpha value is -1.55. The van der Waals surface area contributed by atoms with Gasteiger partial charge in [0.2, 0.25) is 0 Å². The lowest BCUT2D eigenvalue weighted by Gasteiger charge is -2.04. The van der Waals surface area contributed by atoms with Gasteiger partial charge in [0.05, 0.1) is 0 Å². The van der Waals surface area contributed by atoms with Gasteiger partial charge in [0.15, 0.2) is 5.82 Å². The number of hydrogen-bond donors (Lipinski definition) is 1. The molecule has 2 aromatic rings. The fraction of sp³-hybridized carbons (Fsp3) is 0.200. The van der Waals surface area contributed by atoms with Crippen LogP contribution >= 0.6 is 11.6 Å². The SMILES string of the molecule is Cc1nc(-c2cc(Cl)ccc2N)n(C)n1. The monoisotopic (exact) mass is 222 g/mol. The van der Waals surface area contributed by atoms with Crippen molar-refractivity contribution in [3.63, 3.8) is 0 Å². The van der Waals surface area contributed by atoms with E-state index in [-0.39, 0.29) is 0 Å². The topological polar surface area (TPSA) is 56.7 Å². The molecule has 0 atom stereocenters. The van der Waals surface area contributed by atoms with Crippen molar-refractivity contribution in [3.05, 3.63) is 29.0 Å². The summed E-state index contributed by atoms with van der Waals surface area (Å²) in [6.45, 7) is 1.84. The van der Waals surface area contributed by atoms with Gasteiger partial charge in [0.1, 0.15) is 5.82 Å². The second kappa shape index (κ2) is 3.55. The third-order valence-electron chi connectivity index (χ3n) is 2.13. The maximum absolute atomic E-state index is 5.91. The summed E-state index contributed by atoms with van der Waals surface area (Å²) in [5.41, 5.74) is 7.32. The van der Waals surface area contributed by atoms with Crippen molar-refractivity contribution >= 4 is 17.3 Å². The number of aromatic nitrogens is 3. The summed E-state index contributed by atoms with van der Waals surface area (Å²) < 4.78 is 1.69. The van der Waals surface area contributed by atoms with Crippen LogP contribution in [0.15, 0.2) is 18.2 Å². The molecule has 0 radical (unpaired) electrons. The van der Waals surface area contributed by atoms with Gasteiger partial charge < -0.3 is 5.73 Å². The number of nitrogens with zero attached hydrogens (tertiary/aromatic N) is 3. The Labute approximate surface area is 92.7 Å². The molecule has 78 valence electrons. The van der Waals surface area contributed by atoms with E-state index >= 15 is 0 Å². The lowest BCUT2D eigenvalue weighted by molar-refractivity contribution is 0.764. The van der Waals surface area contributed by atoms with E-state index in [0.29, 0.717) is 16.5 Å². The number of nitrogens with two attached hydrogens (primary N) is 1. The molecule has 0 saturated heterocycles. The molecule has 2 N–H and O–H groups in total. The van der Waals surface area contributed by atoms with Gasteiger partial charge >= 0.3 is 0 Å². The molecule has 0 spiro atoms. The van der Waals surface area contributed by atoms with Crippen LogP contribution in [0, 0.1) is 6.92 Å². The zero-order valence-electron chi connectivity index (χ0n) is 8.53. The van der Waals surface area contributed by atoms with Gasteiger partial charge in [-0.25, -0.2) is 9.67 Å². The summed E-state index contributed by atoms with van der Waals surface area (Å²) in [7, 11) is 1.83. The minimum atomic E-state index is 0.639. The molecule has 0 saturated carbocycles. The lowest BCUT2D eigenvalue weighted by Crippen LogP contribution is -1.98. The van der Waals surface area contributed by atoms with Crippen molar-refractivity contribution < 1.29 is 0 Å². The first-order chi connectivity index (χ1) is 7.08. The summed E-state index contributed by atoms with van der Waals surface area (Å²) in [4.78, 5) is 4.30. The molecule has 1 aromatic carbocycles. The number of hydrogen-bond acceptors (Lipinski definition) is 3. The summed E-state index contributed by atoms with van der Waals surface area (Å²) in [5.74, 6) is 1.44. The minimum Gasteiger partial charge on any atom is -0.398 e. The van der Waals surface area contributed by atoms with Crippen LogP contribution in [-0.2, 0) is 7.05 Å². The molecular formula is C10H11ClN4. The average Bonchev–Trinajstić information content (AvgIpc) is 2.50. The van der Waals surface area contributed by atoms with E-state index < -0.39 is 0 Å². The van der Waals surface area contributed by atoms with Crippen molar-refractivity contribution in [2.24, 2.45) is 7.05 Å². The summed E-state index contributed by atoms with van der Waals surface area (Å²) >= 11 is 5.91. The summed E-state index contributed by atoms with van der Waals surface area (Å²) in [6.07, 6.45) is 0. The normalized spacial score (nSPS) is 10.6. The van der Waals surface area contributed by atoms with E-state index in [1.54, 1.807) is 22.9 Å². The van der Waals surface area contributed by atoms with Gasteiger partial charge in [0, 0.05) is 23.3 Å². The molecule has 0 amide bonds. The summed E-state index contributed by atoms with van der Waals surface area (Å²) in [5, 5.41) is 4.80. The van der Waals surface area contributed by atoms with Crippen LogP contribution in [0.1, 0.15) is 5.82 Å². The Morgan fingerprint density at radius 2 is 2.13 bits per heavy atom. The second-order valence-electron chi connectivity index (χ2n) is 3.34. The number of rotatable bonds is 1. The van der Waals surface area contributed by atoms with E-state index in [4.69, 9.17) is 17.3 Å². The molecule has 1 aromatic heterocycles. The van der Waals surface area contributed by atoms with Gasteiger partial charge in [-0.15, -0.1) is 0 Å². The van der Waals surface area contributed by atoms with Gasteiger partial charge in [-0.05, 0) is 25.1 Å². The quantitative estimate of drug-likeness (QED) is 0.752. The number of anilines is 1. The smallest absolute Gasteiger partial charge is 0.160 e. The fourth-order valence-corrected chi connectivity index (χ4v) is 1.64. The largest absolute Gasteiger partial charge is 0.398 e. The van der Waals surface area contributed by atoms with Crippen molar-refractivity contribution in [1.29, 1.82) is 0 Å². The first-order valence-electron chi connectivity index (χ1n) is 4.51.